The van der Waals surface area contributed by atoms with Crippen molar-refractivity contribution in [1.29, 1.82) is 0 Å². The predicted octanol–water partition coefficient (Wildman–Crippen LogP) is 4.26. The lowest BCUT2D eigenvalue weighted by molar-refractivity contribution is -0.145. The van der Waals surface area contributed by atoms with E-state index in [1.807, 2.05) is 0 Å². The van der Waals surface area contributed by atoms with E-state index in [-0.39, 0.29) is 25.2 Å². The van der Waals surface area contributed by atoms with E-state index in [9.17, 15) is 24.3 Å². The summed E-state index contributed by atoms with van der Waals surface area (Å²) in [5, 5.41) is 15.8. The van der Waals surface area contributed by atoms with Crippen molar-refractivity contribution in [1.82, 2.24) is 10.6 Å². The minimum absolute atomic E-state index is 0.0246. The minimum Gasteiger partial charge on any atom is -0.496 e. The lowest BCUT2D eigenvalue weighted by Crippen LogP contribution is -2.45. The average Bonchev–Trinajstić information content (AvgIpc) is 3.70. The second kappa shape index (κ2) is 20.8. The molecular weight excluding hydrogens is 792 g/mol. The van der Waals surface area contributed by atoms with Gasteiger partial charge in [-0.2, -0.15) is 0 Å². The highest BCUT2D eigenvalue weighted by atomic mass is 16.5. The molecule has 4 atom stereocenters. The zero-order valence-electron chi connectivity index (χ0n) is 35.2. The van der Waals surface area contributed by atoms with Crippen LogP contribution in [-0.4, -0.2) is 97.8 Å². The first-order valence-corrected chi connectivity index (χ1v) is 19.0. The second-order valence-corrected chi connectivity index (χ2v) is 13.6. The van der Waals surface area contributed by atoms with Crippen LogP contribution in [0, 0.1) is 0 Å². The SMILES string of the molecule is COC(=O)C(Cc1ccc(OC)c(OC)c1)NC(=O)/C=C/c1ccc(OC)c2c1[C@H](C(=O)NC(Cc1ccc(OC)c(OC)c1)C(=O)OC)C(c1ccc(OC)c(CO)c1)O2. The molecule has 0 radical (unpaired) electrons. The van der Waals surface area contributed by atoms with Crippen molar-refractivity contribution in [2.75, 3.05) is 56.9 Å². The van der Waals surface area contributed by atoms with Crippen LogP contribution in [0.3, 0.4) is 0 Å². The molecular formula is C45H50N2O14. The highest BCUT2D eigenvalue weighted by molar-refractivity contribution is 5.96. The normalized spacial score (nSPS) is 15.0. The maximum Gasteiger partial charge on any atom is 0.328 e. The number of hydrogen-bond donors (Lipinski definition) is 3. The van der Waals surface area contributed by atoms with Crippen LogP contribution in [-0.2, 0) is 48.1 Å². The topological polar surface area (TPSA) is 196 Å². The van der Waals surface area contributed by atoms with Crippen molar-refractivity contribution in [3.63, 3.8) is 0 Å². The minimum atomic E-state index is -1.17. The molecule has 1 heterocycles. The number of benzene rings is 4. The number of aliphatic hydroxyl groups excluding tert-OH is 1. The molecule has 0 fully saturated rings. The molecule has 3 N–H and O–H groups in total. The van der Waals surface area contributed by atoms with Gasteiger partial charge in [0, 0.05) is 30.0 Å². The van der Waals surface area contributed by atoms with Gasteiger partial charge in [-0.15, -0.1) is 0 Å². The number of rotatable bonds is 19. The first-order chi connectivity index (χ1) is 29.5. The highest BCUT2D eigenvalue weighted by Gasteiger charge is 2.45. The van der Waals surface area contributed by atoms with E-state index in [1.165, 1.54) is 69.0 Å². The molecule has 16 heteroatoms. The molecule has 5 rings (SSSR count). The molecule has 0 aromatic heterocycles. The first kappa shape index (κ1) is 45.1. The lowest BCUT2D eigenvalue weighted by Gasteiger charge is -2.24. The van der Waals surface area contributed by atoms with Gasteiger partial charge in [-0.1, -0.05) is 24.3 Å². The van der Waals surface area contributed by atoms with Crippen LogP contribution in [0.15, 0.2) is 72.8 Å². The van der Waals surface area contributed by atoms with Crippen molar-refractivity contribution in [2.24, 2.45) is 0 Å². The lowest BCUT2D eigenvalue weighted by atomic mass is 9.86. The fourth-order valence-corrected chi connectivity index (χ4v) is 7.12. The number of fused-ring (bicyclic) bond motifs is 1. The molecule has 4 aromatic carbocycles. The summed E-state index contributed by atoms with van der Waals surface area (Å²) in [6.07, 6.45) is 1.79. The molecule has 16 nitrogen and oxygen atoms in total. The van der Waals surface area contributed by atoms with Gasteiger partial charge in [-0.25, -0.2) is 9.59 Å². The van der Waals surface area contributed by atoms with Gasteiger partial charge in [0.2, 0.25) is 11.8 Å². The van der Waals surface area contributed by atoms with Gasteiger partial charge in [-0.3, -0.25) is 9.59 Å². The Balaban J connectivity index is 1.53. The Labute approximate surface area is 353 Å². The Morgan fingerprint density at radius 2 is 1.15 bits per heavy atom. The number of ether oxygens (including phenoxy) is 9. The number of amides is 2. The molecule has 0 aliphatic carbocycles. The van der Waals surface area contributed by atoms with E-state index >= 15 is 0 Å². The monoisotopic (exact) mass is 842 g/mol. The van der Waals surface area contributed by atoms with Gasteiger partial charge in [0.1, 0.15) is 29.9 Å². The van der Waals surface area contributed by atoms with Crippen LogP contribution in [0.1, 0.15) is 45.4 Å². The number of carbonyl (C=O) groups is 4. The summed E-state index contributed by atoms with van der Waals surface area (Å²) in [5.74, 6) is -1.00. The molecule has 0 bridgehead atoms. The van der Waals surface area contributed by atoms with E-state index in [1.54, 1.807) is 66.7 Å². The molecule has 0 saturated carbocycles. The summed E-state index contributed by atoms with van der Waals surface area (Å²) < 4.78 is 49.3. The van der Waals surface area contributed by atoms with E-state index in [2.05, 4.69) is 10.6 Å². The summed E-state index contributed by atoms with van der Waals surface area (Å²) in [7, 11) is 11.4. The van der Waals surface area contributed by atoms with Crippen molar-refractivity contribution in [3.8, 4) is 40.2 Å². The molecule has 0 saturated heterocycles. The van der Waals surface area contributed by atoms with Gasteiger partial charge < -0.3 is 58.4 Å². The number of esters is 2. The fraction of sp³-hybridized carbons (Fsp3) is 0.333. The van der Waals surface area contributed by atoms with E-state index in [0.29, 0.717) is 67.9 Å². The molecule has 2 amide bonds. The van der Waals surface area contributed by atoms with Crippen molar-refractivity contribution < 1.29 is 66.9 Å². The first-order valence-electron chi connectivity index (χ1n) is 19.0. The predicted molar refractivity (Wildman–Crippen MR) is 221 cm³/mol. The summed E-state index contributed by atoms with van der Waals surface area (Å²) in [6, 6.07) is 16.3. The molecule has 4 aromatic rings. The van der Waals surface area contributed by atoms with Crippen molar-refractivity contribution in [2.45, 2.75) is 43.6 Å². The summed E-state index contributed by atoms with van der Waals surface area (Å²) in [6.45, 7) is -0.367. The Morgan fingerprint density at radius 3 is 1.66 bits per heavy atom. The average molecular weight is 843 g/mol. The van der Waals surface area contributed by atoms with E-state index in [0.717, 1.165) is 0 Å². The van der Waals surface area contributed by atoms with Gasteiger partial charge >= 0.3 is 11.9 Å². The quantitative estimate of drug-likeness (QED) is 0.0895. The van der Waals surface area contributed by atoms with Crippen LogP contribution in [0.25, 0.3) is 6.08 Å². The Kier molecular flexibility index (Phi) is 15.4. The van der Waals surface area contributed by atoms with Crippen LogP contribution in [0.4, 0.5) is 0 Å². The number of carbonyl (C=O) groups excluding carboxylic acids is 4. The maximum atomic E-state index is 14.8. The number of aliphatic hydroxyl groups is 1. The highest BCUT2D eigenvalue weighted by Crippen LogP contribution is 2.52. The zero-order valence-corrected chi connectivity index (χ0v) is 35.2. The largest absolute Gasteiger partial charge is 0.496 e. The fourth-order valence-electron chi connectivity index (χ4n) is 7.12. The molecule has 324 valence electrons. The van der Waals surface area contributed by atoms with E-state index < -0.39 is 47.9 Å². The Morgan fingerprint density at radius 1 is 0.639 bits per heavy atom. The number of nitrogens with one attached hydrogen (secondary N) is 2. The van der Waals surface area contributed by atoms with Gasteiger partial charge in [0.15, 0.2) is 34.5 Å². The molecule has 3 unspecified atom stereocenters. The van der Waals surface area contributed by atoms with Crippen molar-refractivity contribution >= 4 is 29.8 Å². The van der Waals surface area contributed by atoms with Crippen LogP contribution >= 0.6 is 0 Å². The molecule has 1 aliphatic heterocycles. The molecule has 0 spiro atoms. The van der Waals surface area contributed by atoms with Crippen LogP contribution in [0.5, 0.6) is 40.2 Å². The smallest absolute Gasteiger partial charge is 0.328 e. The number of hydrogen-bond acceptors (Lipinski definition) is 14. The third kappa shape index (κ3) is 10.3. The number of methoxy groups -OCH3 is 8. The van der Waals surface area contributed by atoms with Crippen molar-refractivity contribution in [3.05, 3.63) is 106 Å². The maximum absolute atomic E-state index is 14.8. The van der Waals surface area contributed by atoms with E-state index in [4.69, 9.17) is 42.6 Å². The standard InChI is InChI=1S/C45H50N2O14/c1-53-32-16-12-28(23-29(32)24-48)41-40(43(50)47-31(45(52)60-8)20-26-10-15-34(55-3)37(22-26)58-6)39-27(11-17-35(56-4)42(39)61-41)13-18-38(49)46-30(44(51)59-7)19-25-9-14-33(54-2)36(21-25)57-5/h9-18,21-23,30-31,40-41,48H,19-20,24H2,1-8H3,(H,46,49)(H,47,50)/b18-13+/t30?,31?,40-,41?/m0/s1. The summed E-state index contributed by atoms with van der Waals surface area (Å²) in [5.41, 5.74) is 2.99. The van der Waals surface area contributed by atoms with Gasteiger partial charge in [0.05, 0.1) is 63.5 Å². The molecule has 1 aliphatic rings. The third-order valence-corrected chi connectivity index (χ3v) is 10.2. The van der Waals surface area contributed by atoms with Gasteiger partial charge in [0.25, 0.3) is 0 Å². The Hall–Kier alpha value is -6.94. The second-order valence-electron chi connectivity index (χ2n) is 13.6. The van der Waals surface area contributed by atoms with Crippen LogP contribution in [0.2, 0.25) is 0 Å². The summed E-state index contributed by atoms with van der Waals surface area (Å²) in [4.78, 5) is 54.5. The van der Waals surface area contributed by atoms with Crippen LogP contribution < -0.4 is 43.8 Å². The zero-order chi connectivity index (χ0) is 44.2. The third-order valence-electron chi connectivity index (χ3n) is 10.2. The Bertz CT molecular complexity index is 2260. The van der Waals surface area contributed by atoms with Gasteiger partial charge in [-0.05, 0) is 70.8 Å². The summed E-state index contributed by atoms with van der Waals surface area (Å²) >= 11 is 0. The molecule has 61 heavy (non-hydrogen) atoms.